The molecular weight excluding hydrogens is 714 g/mol. The zero-order valence-corrected chi connectivity index (χ0v) is 33.5. The number of benzene rings is 6. The van der Waals surface area contributed by atoms with Crippen LogP contribution in [-0.2, 0) is 10.8 Å². The Hall–Kier alpha value is -6.85. The van der Waals surface area contributed by atoms with E-state index >= 15 is 0 Å². The van der Waals surface area contributed by atoms with Crippen LogP contribution in [0.15, 0.2) is 182 Å². The highest BCUT2D eigenvalue weighted by molar-refractivity contribution is 5.83. The molecule has 0 saturated heterocycles. The number of phenols is 1. The molecule has 0 aliphatic heterocycles. The van der Waals surface area contributed by atoms with Crippen molar-refractivity contribution in [2.24, 2.45) is 0 Å². The predicted octanol–water partition coefficient (Wildman–Crippen LogP) is 14.1. The molecule has 0 amide bonds. The molecule has 0 unspecified atom stereocenters. The number of aromatic nitrogens is 2. The lowest BCUT2D eigenvalue weighted by molar-refractivity contribution is 0.477. The van der Waals surface area contributed by atoms with Gasteiger partial charge in [0.15, 0.2) is 0 Å². The first kappa shape index (κ1) is 38.0. The molecule has 0 aliphatic carbocycles. The van der Waals surface area contributed by atoms with E-state index in [1.165, 1.54) is 23.3 Å². The molecule has 0 saturated carbocycles. The second kappa shape index (κ2) is 15.6. The van der Waals surface area contributed by atoms with Crippen LogP contribution in [0.1, 0.15) is 51.3 Å². The molecule has 0 atom stereocenters. The smallest absolute Gasteiger partial charge is 0.138 e. The standard InChI is InChI=1S/C53H46FN3O/c1-52(2,3)43-30-40(48-32-39(37-22-26-44(54)27-23-37)33-49(56-48)47-18-12-13-19-50(47)58)31-46(35-43)57(45-16-10-7-11-17-45)51-34-38(28-29-55-51)36-20-24-42(25-21-36)53(4,5)41-14-8-6-9-15-41/h6-35,58H,1-5H3. The summed E-state index contributed by atoms with van der Waals surface area (Å²) in [5, 5.41) is 10.9. The van der Waals surface area contributed by atoms with Gasteiger partial charge >= 0.3 is 0 Å². The molecule has 8 rings (SSSR count). The zero-order chi connectivity index (χ0) is 40.4. The summed E-state index contributed by atoms with van der Waals surface area (Å²) in [6, 6.07) is 58.2. The molecule has 1 N–H and O–H groups in total. The molecule has 6 aromatic carbocycles. The van der Waals surface area contributed by atoms with Crippen molar-refractivity contribution in [3.05, 3.63) is 205 Å². The first-order chi connectivity index (χ1) is 27.9. The topological polar surface area (TPSA) is 49.3 Å². The maximum atomic E-state index is 14.1. The van der Waals surface area contributed by atoms with Gasteiger partial charge in [0.2, 0.25) is 0 Å². The fraction of sp³-hybridized carbons (Fsp3) is 0.132. The third-order valence-electron chi connectivity index (χ3n) is 10.9. The van der Waals surface area contributed by atoms with Gasteiger partial charge in [-0.3, -0.25) is 4.90 Å². The predicted molar refractivity (Wildman–Crippen MR) is 237 cm³/mol. The molecule has 2 aromatic heterocycles. The fourth-order valence-electron chi connectivity index (χ4n) is 7.45. The summed E-state index contributed by atoms with van der Waals surface area (Å²) >= 11 is 0. The number of hydrogen-bond donors (Lipinski definition) is 1. The van der Waals surface area contributed by atoms with Gasteiger partial charge in [-0.2, -0.15) is 0 Å². The molecule has 0 bridgehead atoms. The summed E-state index contributed by atoms with van der Waals surface area (Å²) in [5.41, 5.74) is 11.9. The summed E-state index contributed by atoms with van der Waals surface area (Å²) in [4.78, 5) is 12.4. The van der Waals surface area contributed by atoms with Crippen LogP contribution in [0, 0.1) is 5.82 Å². The lowest BCUT2D eigenvalue weighted by Gasteiger charge is -2.28. The molecule has 0 aliphatic rings. The van der Waals surface area contributed by atoms with E-state index in [9.17, 15) is 9.50 Å². The monoisotopic (exact) mass is 759 g/mol. The number of halogens is 1. The van der Waals surface area contributed by atoms with Crippen molar-refractivity contribution in [3.8, 4) is 50.5 Å². The van der Waals surface area contributed by atoms with Gasteiger partial charge in [0.1, 0.15) is 17.4 Å². The van der Waals surface area contributed by atoms with Crippen LogP contribution >= 0.6 is 0 Å². The van der Waals surface area contributed by atoms with Crippen LogP contribution < -0.4 is 4.90 Å². The Morgan fingerprint density at radius 2 is 1.09 bits per heavy atom. The third kappa shape index (κ3) is 7.89. The Balaban J connectivity index is 1.27. The van der Waals surface area contributed by atoms with Crippen molar-refractivity contribution >= 4 is 17.2 Å². The number of hydrogen-bond acceptors (Lipinski definition) is 4. The van der Waals surface area contributed by atoms with E-state index < -0.39 is 0 Å². The SMILES string of the molecule is CC(C)(C)c1cc(-c2cc(-c3ccc(F)cc3)cc(-c3ccccc3O)n2)cc(N(c2ccccc2)c2cc(-c3ccc(C(C)(C)c4ccccc4)cc3)ccn2)c1. The van der Waals surface area contributed by atoms with Crippen molar-refractivity contribution in [1.82, 2.24) is 9.97 Å². The number of anilines is 3. The fourth-order valence-corrected chi connectivity index (χ4v) is 7.45. The van der Waals surface area contributed by atoms with Crippen LogP contribution in [0.4, 0.5) is 21.6 Å². The van der Waals surface area contributed by atoms with Crippen LogP contribution in [0.25, 0.3) is 44.8 Å². The van der Waals surface area contributed by atoms with Crippen LogP contribution in [0.5, 0.6) is 5.75 Å². The van der Waals surface area contributed by atoms with Gasteiger partial charge in [-0.15, -0.1) is 0 Å². The summed E-state index contributed by atoms with van der Waals surface area (Å²) in [6.45, 7) is 11.2. The van der Waals surface area contributed by atoms with E-state index in [0.29, 0.717) is 11.3 Å². The number of aromatic hydroxyl groups is 1. The van der Waals surface area contributed by atoms with Gasteiger partial charge in [-0.1, -0.05) is 132 Å². The molecule has 4 nitrogen and oxygen atoms in total. The number of para-hydroxylation sites is 2. The number of pyridine rings is 2. The van der Waals surface area contributed by atoms with Gasteiger partial charge in [0.25, 0.3) is 0 Å². The van der Waals surface area contributed by atoms with Crippen LogP contribution in [0.3, 0.4) is 0 Å². The highest BCUT2D eigenvalue weighted by atomic mass is 19.1. The van der Waals surface area contributed by atoms with Crippen LogP contribution in [0.2, 0.25) is 0 Å². The van der Waals surface area contributed by atoms with E-state index in [-0.39, 0.29) is 22.4 Å². The van der Waals surface area contributed by atoms with Crippen LogP contribution in [-0.4, -0.2) is 15.1 Å². The molecule has 8 aromatic rings. The van der Waals surface area contributed by atoms with E-state index in [2.05, 4.69) is 137 Å². The Morgan fingerprint density at radius 3 is 1.78 bits per heavy atom. The molecule has 0 radical (unpaired) electrons. The lowest BCUT2D eigenvalue weighted by atomic mass is 9.78. The highest BCUT2D eigenvalue weighted by Gasteiger charge is 2.24. The minimum atomic E-state index is -0.302. The Kier molecular flexibility index (Phi) is 10.2. The molecule has 5 heteroatoms. The largest absolute Gasteiger partial charge is 0.507 e. The van der Waals surface area contributed by atoms with E-state index in [0.717, 1.165) is 56.3 Å². The van der Waals surface area contributed by atoms with Crippen molar-refractivity contribution in [2.75, 3.05) is 4.90 Å². The van der Waals surface area contributed by atoms with Gasteiger partial charge in [-0.05, 0) is 123 Å². The summed E-state index contributed by atoms with van der Waals surface area (Å²) in [7, 11) is 0. The Labute approximate surface area is 341 Å². The van der Waals surface area contributed by atoms with Crippen molar-refractivity contribution in [2.45, 2.75) is 45.4 Å². The zero-order valence-electron chi connectivity index (χ0n) is 33.5. The van der Waals surface area contributed by atoms with E-state index in [1.54, 1.807) is 24.3 Å². The number of nitrogens with zero attached hydrogens (tertiary/aromatic N) is 3. The molecule has 58 heavy (non-hydrogen) atoms. The molecular formula is C53H46FN3O. The Morgan fingerprint density at radius 1 is 0.483 bits per heavy atom. The van der Waals surface area contributed by atoms with Gasteiger partial charge in [-0.25, -0.2) is 14.4 Å². The molecule has 2 heterocycles. The maximum Gasteiger partial charge on any atom is 0.138 e. The first-order valence-corrected chi connectivity index (χ1v) is 19.6. The number of phenolic OH excluding ortho intramolecular Hbond substituents is 1. The average Bonchev–Trinajstić information content (AvgIpc) is 3.24. The summed E-state index contributed by atoms with van der Waals surface area (Å²) < 4.78 is 14.1. The quantitative estimate of drug-likeness (QED) is 0.159. The van der Waals surface area contributed by atoms with Crippen molar-refractivity contribution in [3.63, 3.8) is 0 Å². The lowest BCUT2D eigenvalue weighted by Crippen LogP contribution is -2.18. The third-order valence-corrected chi connectivity index (χ3v) is 10.9. The van der Waals surface area contributed by atoms with E-state index in [1.807, 2.05) is 48.7 Å². The van der Waals surface area contributed by atoms with Gasteiger partial charge < -0.3 is 5.11 Å². The molecule has 286 valence electrons. The minimum Gasteiger partial charge on any atom is -0.507 e. The highest BCUT2D eigenvalue weighted by Crippen LogP contribution is 2.42. The second-order valence-electron chi connectivity index (χ2n) is 16.3. The molecule has 0 spiro atoms. The second-order valence-corrected chi connectivity index (χ2v) is 16.3. The van der Waals surface area contributed by atoms with Crippen molar-refractivity contribution < 1.29 is 9.50 Å². The first-order valence-electron chi connectivity index (χ1n) is 19.6. The number of rotatable bonds is 9. The van der Waals surface area contributed by atoms with Gasteiger partial charge in [0.05, 0.1) is 11.4 Å². The normalized spacial score (nSPS) is 11.7. The van der Waals surface area contributed by atoms with Crippen molar-refractivity contribution in [1.29, 1.82) is 0 Å². The minimum absolute atomic E-state index is 0.136. The molecule has 0 fully saturated rings. The van der Waals surface area contributed by atoms with Gasteiger partial charge in [0, 0.05) is 34.1 Å². The Bertz CT molecular complexity index is 2680. The van der Waals surface area contributed by atoms with E-state index in [4.69, 9.17) is 9.97 Å². The maximum absolute atomic E-state index is 14.1. The summed E-state index contributed by atoms with van der Waals surface area (Å²) in [6.07, 6.45) is 1.88. The summed E-state index contributed by atoms with van der Waals surface area (Å²) in [5.74, 6) is 0.610. The average molecular weight is 760 g/mol.